The summed E-state index contributed by atoms with van der Waals surface area (Å²) in [6, 6.07) is 11.7. The summed E-state index contributed by atoms with van der Waals surface area (Å²) in [6.07, 6.45) is 0.471. The zero-order chi connectivity index (χ0) is 19.0. The highest BCUT2D eigenvalue weighted by Gasteiger charge is 2.18. The van der Waals surface area contributed by atoms with Crippen LogP contribution >= 0.6 is 0 Å². The van der Waals surface area contributed by atoms with E-state index in [1.54, 1.807) is 14.2 Å². The Balaban J connectivity index is 1.65. The Morgan fingerprint density at radius 2 is 1.70 bits per heavy atom. The van der Waals surface area contributed by atoms with Crippen LogP contribution in [0.4, 0.5) is 0 Å². The standard InChI is InChI=1S/C21H20N2O4/c1-12-5-6-18-17(7-12)13(2)20(26-18)21-22-19(27-23-21)10-14-8-15(24-3)11-16(9-14)25-4/h5-9,11H,10H2,1-4H3. The van der Waals surface area contributed by atoms with Crippen molar-refractivity contribution in [2.75, 3.05) is 14.2 Å². The van der Waals surface area contributed by atoms with E-state index in [-0.39, 0.29) is 0 Å². The molecule has 0 radical (unpaired) electrons. The van der Waals surface area contributed by atoms with E-state index in [0.717, 1.165) is 22.1 Å². The first-order chi connectivity index (χ1) is 13.1. The van der Waals surface area contributed by atoms with Gasteiger partial charge in [-0.25, -0.2) is 0 Å². The van der Waals surface area contributed by atoms with Crippen molar-refractivity contribution in [1.29, 1.82) is 0 Å². The molecule has 0 N–H and O–H groups in total. The average Bonchev–Trinajstić information content (AvgIpc) is 3.26. The van der Waals surface area contributed by atoms with E-state index >= 15 is 0 Å². The molecule has 0 unspecified atom stereocenters. The quantitative estimate of drug-likeness (QED) is 0.511. The third-order valence-corrected chi connectivity index (χ3v) is 4.53. The van der Waals surface area contributed by atoms with Crippen LogP contribution in [0.2, 0.25) is 0 Å². The van der Waals surface area contributed by atoms with Gasteiger partial charge in [0.05, 0.1) is 20.6 Å². The van der Waals surface area contributed by atoms with Crippen molar-refractivity contribution < 1.29 is 18.4 Å². The predicted octanol–water partition coefficient (Wildman–Crippen LogP) is 4.71. The third kappa shape index (κ3) is 3.26. The van der Waals surface area contributed by atoms with Crippen molar-refractivity contribution >= 4 is 11.0 Å². The molecule has 2 heterocycles. The molecule has 6 heteroatoms. The molecule has 2 aromatic carbocycles. The lowest BCUT2D eigenvalue weighted by Crippen LogP contribution is -1.93. The van der Waals surface area contributed by atoms with Crippen LogP contribution in [0.15, 0.2) is 45.3 Å². The largest absolute Gasteiger partial charge is 0.497 e. The Hall–Kier alpha value is -3.28. The lowest BCUT2D eigenvalue weighted by atomic mass is 10.1. The number of nitrogens with zero attached hydrogens (tertiary/aromatic N) is 2. The van der Waals surface area contributed by atoms with Gasteiger partial charge in [0.25, 0.3) is 0 Å². The molecule has 0 bridgehead atoms. The maximum absolute atomic E-state index is 5.95. The number of hydrogen-bond donors (Lipinski definition) is 0. The van der Waals surface area contributed by atoms with Gasteiger partial charge >= 0.3 is 0 Å². The summed E-state index contributed by atoms with van der Waals surface area (Å²) in [4.78, 5) is 4.51. The number of furan rings is 1. The van der Waals surface area contributed by atoms with Gasteiger partial charge in [-0.15, -0.1) is 0 Å². The molecule has 4 aromatic rings. The van der Waals surface area contributed by atoms with Crippen LogP contribution in [-0.2, 0) is 6.42 Å². The molecule has 0 fully saturated rings. The zero-order valence-corrected chi connectivity index (χ0v) is 15.7. The normalized spacial score (nSPS) is 11.1. The molecule has 0 aliphatic carbocycles. The zero-order valence-electron chi connectivity index (χ0n) is 15.7. The lowest BCUT2D eigenvalue weighted by Gasteiger charge is -2.06. The van der Waals surface area contributed by atoms with Crippen molar-refractivity contribution in [2.45, 2.75) is 20.3 Å². The van der Waals surface area contributed by atoms with Crippen LogP contribution in [0, 0.1) is 13.8 Å². The predicted molar refractivity (Wildman–Crippen MR) is 101 cm³/mol. The van der Waals surface area contributed by atoms with E-state index in [9.17, 15) is 0 Å². The van der Waals surface area contributed by atoms with Gasteiger partial charge < -0.3 is 18.4 Å². The van der Waals surface area contributed by atoms with Gasteiger partial charge in [0, 0.05) is 17.0 Å². The second-order valence-electron chi connectivity index (χ2n) is 6.47. The van der Waals surface area contributed by atoms with Gasteiger partial charge in [0.15, 0.2) is 5.76 Å². The molecule has 2 aromatic heterocycles. The minimum Gasteiger partial charge on any atom is -0.497 e. The van der Waals surface area contributed by atoms with Crippen molar-refractivity contribution in [3.63, 3.8) is 0 Å². The van der Waals surface area contributed by atoms with E-state index in [2.05, 4.69) is 23.1 Å². The van der Waals surface area contributed by atoms with Crippen LogP contribution in [0.1, 0.15) is 22.6 Å². The fraction of sp³-hybridized carbons (Fsp3) is 0.238. The van der Waals surface area contributed by atoms with Crippen molar-refractivity contribution in [2.24, 2.45) is 0 Å². The van der Waals surface area contributed by atoms with Gasteiger partial charge in [-0.05, 0) is 43.7 Å². The summed E-state index contributed by atoms with van der Waals surface area (Å²) in [5.41, 5.74) is 3.96. The molecule has 0 saturated carbocycles. The van der Waals surface area contributed by atoms with E-state index in [1.807, 2.05) is 37.3 Å². The highest BCUT2D eigenvalue weighted by atomic mass is 16.5. The van der Waals surface area contributed by atoms with Crippen LogP contribution in [-0.4, -0.2) is 24.4 Å². The molecule has 0 amide bonds. The van der Waals surface area contributed by atoms with E-state index in [1.165, 1.54) is 5.56 Å². The SMILES string of the molecule is COc1cc(Cc2nc(-c3oc4ccc(C)cc4c3C)no2)cc(OC)c1. The van der Waals surface area contributed by atoms with E-state index < -0.39 is 0 Å². The molecule has 0 aliphatic rings. The van der Waals surface area contributed by atoms with E-state index in [4.69, 9.17) is 18.4 Å². The Morgan fingerprint density at radius 1 is 0.963 bits per heavy atom. The molecule has 138 valence electrons. The van der Waals surface area contributed by atoms with Crippen molar-refractivity contribution in [1.82, 2.24) is 10.1 Å². The number of aromatic nitrogens is 2. The molecule has 0 atom stereocenters. The number of ether oxygens (including phenoxy) is 2. The summed E-state index contributed by atoms with van der Waals surface area (Å²) in [5.74, 6) is 3.01. The first-order valence-electron chi connectivity index (χ1n) is 8.62. The summed E-state index contributed by atoms with van der Waals surface area (Å²) < 4.78 is 22.0. The Morgan fingerprint density at radius 3 is 2.41 bits per heavy atom. The van der Waals surface area contributed by atoms with Crippen molar-refractivity contribution in [3.8, 4) is 23.1 Å². The highest BCUT2D eigenvalue weighted by Crippen LogP contribution is 2.32. The summed E-state index contributed by atoms with van der Waals surface area (Å²) in [6.45, 7) is 4.06. The topological polar surface area (TPSA) is 70.5 Å². The second kappa shape index (κ2) is 6.79. The Labute approximate surface area is 156 Å². The average molecular weight is 364 g/mol. The van der Waals surface area contributed by atoms with Gasteiger partial charge in [0.1, 0.15) is 17.1 Å². The van der Waals surface area contributed by atoms with E-state index in [0.29, 0.717) is 35.4 Å². The molecule has 0 saturated heterocycles. The number of hydrogen-bond acceptors (Lipinski definition) is 6. The highest BCUT2D eigenvalue weighted by molar-refractivity contribution is 5.87. The minimum atomic E-state index is 0.450. The minimum absolute atomic E-state index is 0.450. The van der Waals surface area contributed by atoms with Crippen LogP contribution in [0.25, 0.3) is 22.6 Å². The third-order valence-electron chi connectivity index (χ3n) is 4.53. The monoisotopic (exact) mass is 364 g/mol. The fourth-order valence-electron chi connectivity index (χ4n) is 3.11. The molecule has 6 nitrogen and oxygen atoms in total. The maximum atomic E-state index is 5.95. The van der Waals surface area contributed by atoms with Gasteiger partial charge in [0.2, 0.25) is 11.7 Å². The number of rotatable bonds is 5. The number of benzene rings is 2. The molecule has 27 heavy (non-hydrogen) atoms. The van der Waals surface area contributed by atoms with Crippen LogP contribution in [0.5, 0.6) is 11.5 Å². The molecule has 0 spiro atoms. The van der Waals surface area contributed by atoms with Crippen molar-refractivity contribution in [3.05, 3.63) is 59.0 Å². The molecule has 0 aliphatic heterocycles. The first-order valence-corrected chi connectivity index (χ1v) is 8.62. The summed E-state index contributed by atoms with van der Waals surface area (Å²) in [5, 5.41) is 5.17. The molecule has 4 rings (SSSR count). The molecular weight excluding hydrogens is 344 g/mol. The number of fused-ring (bicyclic) bond motifs is 1. The Kier molecular flexibility index (Phi) is 4.32. The van der Waals surface area contributed by atoms with Crippen LogP contribution in [0.3, 0.4) is 0 Å². The van der Waals surface area contributed by atoms with Gasteiger partial charge in [-0.2, -0.15) is 4.98 Å². The second-order valence-corrected chi connectivity index (χ2v) is 6.47. The Bertz CT molecular complexity index is 1090. The fourth-order valence-corrected chi connectivity index (χ4v) is 3.11. The first kappa shape index (κ1) is 17.1. The summed E-state index contributed by atoms with van der Waals surface area (Å²) in [7, 11) is 3.24. The van der Waals surface area contributed by atoms with Gasteiger partial charge in [-0.3, -0.25) is 0 Å². The smallest absolute Gasteiger partial charge is 0.238 e. The number of aryl methyl sites for hydroxylation is 2. The lowest BCUT2D eigenvalue weighted by molar-refractivity contribution is 0.381. The maximum Gasteiger partial charge on any atom is 0.238 e. The molecular formula is C21H20N2O4. The van der Waals surface area contributed by atoms with Gasteiger partial charge in [-0.1, -0.05) is 16.8 Å². The van der Waals surface area contributed by atoms with Crippen LogP contribution < -0.4 is 9.47 Å². The number of methoxy groups -OCH3 is 2. The summed E-state index contributed by atoms with van der Waals surface area (Å²) >= 11 is 0.